The van der Waals surface area contributed by atoms with Crippen molar-refractivity contribution < 1.29 is 23.7 Å². The van der Waals surface area contributed by atoms with Crippen molar-refractivity contribution in [1.29, 1.82) is 0 Å². The molecule has 0 bridgehead atoms. The fourth-order valence-electron chi connectivity index (χ4n) is 3.13. The van der Waals surface area contributed by atoms with Crippen LogP contribution in [0.25, 0.3) is 0 Å². The molecule has 0 aliphatic carbocycles. The third kappa shape index (κ3) is 3.21. The van der Waals surface area contributed by atoms with Gasteiger partial charge in [0.2, 0.25) is 5.75 Å². The minimum atomic E-state index is -0.665. The Labute approximate surface area is 143 Å². The number of ether oxygens (including phenoxy) is 4. The van der Waals surface area contributed by atoms with E-state index in [2.05, 4.69) is 4.90 Å². The summed E-state index contributed by atoms with van der Waals surface area (Å²) in [4.78, 5) is 15.5. The maximum atomic E-state index is 13.4. The van der Waals surface area contributed by atoms with Gasteiger partial charge in [-0.1, -0.05) is 0 Å². The van der Waals surface area contributed by atoms with Crippen molar-refractivity contribution in [3.8, 4) is 17.2 Å². The highest BCUT2D eigenvalue weighted by molar-refractivity contribution is 6.07. The van der Waals surface area contributed by atoms with Gasteiger partial charge < -0.3 is 18.9 Å². The van der Waals surface area contributed by atoms with Gasteiger partial charge in [-0.05, 0) is 32.4 Å². The molecule has 0 aromatic heterocycles. The number of nitrogens with zero attached hydrogens (tertiary/aromatic N) is 1. The Hall–Kier alpha value is -1.79. The summed E-state index contributed by atoms with van der Waals surface area (Å²) in [5.41, 5.74) is 0.670. The number of methoxy groups -OCH3 is 3. The van der Waals surface area contributed by atoms with Gasteiger partial charge in [-0.25, -0.2) is 0 Å². The minimum absolute atomic E-state index is 0.000275. The SMILES string of the molecule is COc1cc(C)c(C(=O)C(C)(C)N2CCOCC2)c(OC)c1OC. The van der Waals surface area contributed by atoms with Crippen LogP contribution >= 0.6 is 0 Å². The summed E-state index contributed by atoms with van der Waals surface area (Å²) in [6, 6.07) is 1.81. The van der Waals surface area contributed by atoms with Gasteiger partial charge in [0.1, 0.15) is 0 Å². The first-order valence-electron chi connectivity index (χ1n) is 8.05. The van der Waals surface area contributed by atoms with E-state index in [1.165, 1.54) is 14.2 Å². The Bertz CT molecular complexity index is 606. The first-order chi connectivity index (χ1) is 11.4. The fourth-order valence-corrected chi connectivity index (χ4v) is 3.13. The smallest absolute Gasteiger partial charge is 0.204 e. The first-order valence-corrected chi connectivity index (χ1v) is 8.05. The number of morpholine rings is 1. The Morgan fingerprint density at radius 2 is 1.67 bits per heavy atom. The van der Waals surface area contributed by atoms with E-state index in [-0.39, 0.29) is 5.78 Å². The zero-order valence-electron chi connectivity index (χ0n) is 15.4. The number of ketones is 1. The molecule has 0 saturated carbocycles. The molecule has 1 saturated heterocycles. The lowest BCUT2D eigenvalue weighted by Crippen LogP contribution is -2.54. The van der Waals surface area contributed by atoms with E-state index in [9.17, 15) is 4.79 Å². The molecule has 0 amide bonds. The van der Waals surface area contributed by atoms with Crippen LogP contribution in [0.4, 0.5) is 0 Å². The highest BCUT2D eigenvalue weighted by atomic mass is 16.5. The maximum absolute atomic E-state index is 13.4. The van der Waals surface area contributed by atoms with Crippen molar-refractivity contribution in [2.75, 3.05) is 47.6 Å². The zero-order chi connectivity index (χ0) is 17.9. The highest BCUT2D eigenvalue weighted by Gasteiger charge is 2.39. The Balaban J connectivity index is 2.51. The third-order valence-electron chi connectivity index (χ3n) is 4.61. The zero-order valence-corrected chi connectivity index (χ0v) is 15.4. The molecule has 2 rings (SSSR count). The van der Waals surface area contributed by atoms with Crippen LogP contribution in [0.2, 0.25) is 0 Å². The van der Waals surface area contributed by atoms with Gasteiger partial charge in [0.15, 0.2) is 17.3 Å². The highest BCUT2D eigenvalue weighted by Crippen LogP contribution is 2.43. The van der Waals surface area contributed by atoms with E-state index in [0.717, 1.165) is 18.7 Å². The molecular weight excluding hydrogens is 310 g/mol. The minimum Gasteiger partial charge on any atom is -0.493 e. The van der Waals surface area contributed by atoms with Crippen LogP contribution in [0.15, 0.2) is 6.07 Å². The number of benzene rings is 1. The van der Waals surface area contributed by atoms with Crippen molar-refractivity contribution in [3.63, 3.8) is 0 Å². The number of Topliss-reactive ketones (excluding diaryl/α,β-unsaturated/α-hetero) is 1. The third-order valence-corrected chi connectivity index (χ3v) is 4.61. The molecule has 0 atom stereocenters. The summed E-state index contributed by atoms with van der Waals surface area (Å²) < 4.78 is 21.7. The maximum Gasteiger partial charge on any atom is 0.204 e. The molecule has 0 N–H and O–H groups in total. The lowest BCUT2D eigenvalue weighted by molar-refractivity contribution is -0.00441. The second-order valence-electron chi connectivity index (χ2n) is 6.32. The van der Waals surface area contributed by atoms with E-state index in [0.29, 0.717) is 36.0 Å². The van der Waals surface area contributed by atoms with Gasteiger partial charge in [-0.15, -0.1) is 0 Å². The normalized spacial score (nSPS) is 15.9. The summed E-state index contributed by atoms with van der Waals surface area (Å²) >= 11 is 0. The van der Waals surface area contributed by atoms with Crippen LogP contribution in [-0.2, 0) is 4.74 Å². The van der Waals surface area contributed by atoms with Gasteiger partial charge in [-0.2, -0.15) is 0 Å². The fraction of sp³-hybridized carbons (Fsp3) is 0.611. The Morgan fingerprint density at radius 1 is 1.08 bits per heavy atom. The standard InChI is InChI=1S/C18H27NO5/c1-12-11-13(21-4)15(22-5)16(23-6)14(12)17(20)18(2,3)19-7-9-24-10-8-19/h11H,7-10H2,1-6H3. The summed E-state index contributed by atoms with van der Waals surface area (Å²) in [5.74, 6) is 1.40. The van der Waals surface area contributed by atoms with E-state index < -0.39 is 5.54 Å². The first kappa shape index (κ1) is 18.5. The molecule has 0 spiro atoms. The molecule has 1 aromatic carbocycles. The van der Waals surface area contributed by atoms with Crippen molar-refractivity contribution in [2.45, 2.75) is 26.3 Å². The molecule has 1 heterocycles. The number of aryl methyl sites for hydroxylation is 1. The molecule has 1 fully saturated rings. The van der Waals surface area contributed by atoms with Gasteiger partial charge in [0.25, 0.3) is 0 Å². The van der Waals surface area contributed by atoms with Crippen LogP contribution in [0.1, 0.15) is 29.8 Å². The lowest BCUT2D eigenvalue weighted by Gasteiger charge is -2.40. The molecule has 0 unspecified atom stereocenters. The average molecular weight is 337 g/mol. The quantitative estimate of drug-likeness (QED) is 0.743. The number of hydrogen-bond donors (Lipinski definition) is 0. The van der Waals surface area contributed by atoms with Crippen molar-refractivity contribution >= 4 is 5.78 Å². The number of carbonyl (C=O) groups is 1. The van der Waals surface area contributed by atoms with Gasteiger partial charge in [-0.3, -0.25) is 9.69 Å². The van der Waals surface area contributed by atoms with E-state index in [4.69, 9.17) is 18.9 Å². The molecular formula is C18H27NO5. The molecule has 1 aromatic rings. The van der Waals surface area contributed by atoms with Crippen LogP contribution in [0.5, 0.6) is 17.2 Å². The number of rotatable bonds is 6. The van der Waals surface area contributed by atoms with Crippen LogP contribution < -0.4 is 14.2 Å². The molecule has 1 aliphatic heterocycles. The molecule has 6 nitrogen and oxygen atoms in total. The van der Waals surface area contributed by atoms with Gasteiger partial charge in [0, 0.05) is 13.1 Å². The van der Waals surface area contributed by atoms with E-state index in [1.54, 1.807) is 7.11 Å². The molecule has 6 heteroatoms. The summed E-state index contributed by atoms with van der Waals surface area (Å²) in [5, 5.41) is 0. The molecule has 134 valence electrons. The molecule has 0 radical (unpaired) electrons. The molecule has 24 heavy (non-hydrogen) atoms. The Morgan fingerprint density at radius 3 is 2.17 bits per heavy atom. The second-order valence-corrected chi connectivity index (χ2v) is 6.32. The van der Waals surface area contributed by atoms with Crippen molar-refractivity contribution in [2.24, 2.45) is 0 Å². The largest absolute Gasteiger partial charge is 0.493 e. The molecule has 1 aliphatic rings. The van der Waals surface area contributed by atoms with Crippen LogP contribution in [-0.4, -0.2) is 63.9 Å². The van der Waals surface area contributed by atoms with Crippen LogP contribution in [0, 0.1) is 6.92 Å². The predicted octanol–water partition coefficient (Wildman–Crippen LogP) is 2.31. The van der Waals surface area contributed by atoms with E-state index >= 15 is 0 Å². The summed E-state index contributed by atoms with van der Waals surface area (Å²) in [7, 11) is 4.64. The summed E-state index contributed by atoms with van der Waals surface area (Å²) in [6.07, 6.45) is 0. The monoisotopic (exact) mass is 337 g/mol. The number of hydrogen-bond acceptors (Lipinski definition) is 6. The van der Waals surface area contributed by atoms with Gasteiger partial charge >= 0.3 is 0 Å². The summed E-state index contributed by atoms with van der Waals surface area (Å²) in [6.45, 7) is 8.50. The van der Waals surface area contributed by atoms with Gasteiger partial charge in [0.05, 0.1) is 45.6 Å². The van der Waals surface area contributed by atoms with E-state index in [1.807, 2.05) is 26.8 Å². The average Bonchev–Trinajstić information content (AvgIpc) is 2.60. The predicted molar refractivity (Wildman–Crippen MR) is 91.6 cm³/mol. The van der Waals surface area contributed by atoms with Crippen molar-refractivity contribution in [3.05, 3.63) is 17.2 Å². The number of carbonyl (C=O) groups excluding carboxylic acids is 1. The van der Waals surface area contributed by atoms with Crippen LogP contribution in [0.3, 0.4) is 0 Å². The second kappa shape index (κ2) is 7.40. The Kier molecular flexibility index (Phi) is 5.72. The van der Waals surface area contributed by atoms with Crippen molar-refractivity contribution in [1.82, 2.24) is 4.90 Å². The lowest BCUT2D eigenvalue weighted by atomic mass is 9.87. The topological polar surface area (TPSA) is 57.2 Å².